The Kier molecular flexibility index (Phi) is 7.77. The molecule has 1 fully saturated rings. The normalized spacial score (nSPS) is 13.9. The highest BCUT2D eigenvalue weighted by molar-refractivity contribution is 6.01. The third-order valence-corrected chi connectivity index (χ3v) is 6.71. The number of nitrogens with zero attached hydrogens (tertiary/aromatic N) is 4. The monoisotopic (exact) mass is 525 g/mol. The highest BCUT2D eigenvalue weighted by Gasteiger charge is 2.26. The van der Waals surface area contributed by atoms with Crippen LogP contribution < -0.4 is 10.1 Å². The van der Waals surface area contributed by atoms with Crippen LogP contribution in [0.4, 0.5) is 10.1 Å². The van der Waals surface area contributed by atoms with Crippen LogP contribution in [0.3, 0.4) is 0 Å². The molecule has 2 heterocycles. The van der Waals surface area contributed by atoms with Crippen molar-refractivity contribution in [1.82, 2.24) is 19.7 Å². The number of piperidine rings is 1. The molecule has 39 heavy (non-hydrogen) atoms. The first kappa shape index (κ1) is 25.8. The van der Waals surface area contributed by atoms with E-state index in [4.69, 9.17) is 4.74 Å². The summed E-state index contributed by atoms with van der Waals surface area (Å²) in [6.45, 7) is 1.18. The number of carbonyl (C=O) groups excluding carboxylic acids is 2. The van der Waals surface area contributed by atoms with Gasteiger partial charge in [0.05, 0.1) is 12.8 Å². The molecule has 9 heteroatoms. The van der Waals surface area contributed by atoms with Crippen molar-refractivity contribution >= 4 is 23.6 Å². The van der Waals surface area contributed by atoms with Gasteiger partial charge in [-0.3, -0.25) is 9.59 Å². The molecular formula is C30H28FN5O3. The van der Waals surface area contributed by atoms with Crippen LogP contribution in [0.1, 0.15) is 40.5 Å². The van der Waals surface area contributed by atoms with Gasteiger partial charge in [0.25, 0.3) is 5.91 Å². The Morgan fingerprint density at radius 1 is 1.03 bits per heavy atom. The average Bonchev–Trinajstić information content (AvgIpc) is 3.47. The molecule has 1 N–H and O–H groups in total. The van der Waals surface area contributed by atoms with E-state index in [1.165, 1.54) is 34.8 Å². The van der Waals surface area contributed by atoms with E-state index in [0.717, 1.165) is 24.2 Å². The number of likely N-dealkylation sites (tertiary alicyclic amines) is 1. The van der Waals surface area contributed by atoms with Crippen LogP contribution in [0.15, 0.2) is 85.2 Å². The van der Waals surface area contributed by atoms with Crippen molar-refractivity contribution in [3.8, 4) is 11.4 Å². The van der Waals surface area contributed by atoms with E-state index >= 15 is 0 Å². The second-order valence-corrected chi connectivity index (χ2v) is 9.28. The lowest BCUT2D eigenvalue weighted by molar-refractivity contribution is -0.111. The van der Waals surface area contributed by atoms with Crippen LogP contribution >= 0.6 is 0 Å². The molecule has 1 aromatic heterocycles. The number of halogens is 1. The van der Waals surface area contributed by atoms with E-state index in [0.29, 0.717) is 30.4 Å². The van der Waals surface area contributed by atoms with Gasteiger partial charge in [0.1, 0.15) is 17.9 Å². The number of amides is 2. The van der Waals surface area contributed by atoms with Gasteiger partial charge in [0.2, 0.25) is 11.7 Å². The summed E-state index contributed by atoms with van der Waals surface area (Å²) in [5, 5.41) is 7.13. The van der Waals surface area contributed by atoms with Crippen molar-refractivity contribution in [2.24, 2.45) is 0 Å². The summed E-state index contributed by atoms with van der Waals surface area (Å²) in [6, 6.07) is 21.3. The van der Waals surface area contributed by atoms with Gasteiger partial charge in [-0.25, -0.2) is 14.1 Å². The third kappa shape index (κ3) is 6.38. The number of nitrogens with one attached hydrogen (secondary N) is 1. The predicted octanol–water partition coefficient (Wildman–Crippen LogP) is 5.09. The summed E-state index contributed by atoms with van der Waals surface area (Å²) < 4.78 is 20.1. The van der Waals surface area contributed by atoms with Crippen molar-refractivity contribution in [1.29, 1.82) is 0 Å². The van der Waals surface area contributed by atoms with Crippen molar-refractivity contribution in [3.63, 3.8) is 0 Å². The minimum absolute atomic E-state index is 0.0956. The molecule has 0 bridgehead atoms. The maximum Gasteiger partial charge on any atom is 0.293 e. The Bertz CT molecular complexity index is 1490. The van der Waals surface area contributed by atoms with Crippen LogP contribution in [0.2, 0.25) is 0 Å². The van der Waals surface area contributed by atoms with Crippen molar-refractivity contribution < 1.29 is 18.7 Å². The summed E-state index contributed by atoms with van der Waals surface area (Å²) in [4.78, 5) is 31.2. The number of carbonyl (C=O) groups is 2. The molecule has 2 amide bonds. The van der Waals surface area contributed by atoms with Crippen LogP contribution in [-0.2, 0) is 4.79 Å². The SMILES string of the molecule is COc1cccc(/C=C/C(=O)Nc2ccc(C3CCN(C(=O)c4ncn(-c5cccc(F)c5)n4)CC3)cc2)c1. The van der Waals surface area contributed by atoms with Crippen molar-refractivity contribution in [2.75, 3.05) is 25.5 Å². The Labute approximate surface area is 225 Å². The Morgan fingerprint density at radius 3 is 2.54 bits per heavy atom. The van der Waals surface area contributed by atoms with Crippen molar-refractivity contribution in [2.45, 2.75) is 18.8 Å². The summed E-state index contributed by atoms with van der Waals surface area (Å²) in [7, 11) is 1.60. The standard InChI is InChI=1S/C30H28FN5O3/c1-39-27-7-2-4-21(18-27)8-13-28(37)33-25-11-9-22(10-12-25)23-14-16-35(17-15-23)30(38)29-32-20-36(34-29)26-6-3-5-24(31)19-26/h2-13,18-20,23H,14-17H2,1H3,(H,33,37)/b13-8+. The van der Waals surface area contributed by atoms with Crippen LogP contribution in [-0.4, -0.2) is 51.7 Å². The molecule has 198 valence electrons. The molecule has 3 aromatic carbocycles. The third-order valence-electron chi connectivity index (χ3n) is 6.71. The van der Waals surface area contributed by atoms with Gasteiger partial charge in [0.15, 0.2) is 0 Å². The molecule has 4 aromatic rings. The molecule has 8 nitrogen and oxygen atoms in total. The van der Waals surface area contributed by atoms with Crippen molar-refractivity contribution in [3.05, 3.63) is 108 Å². The number of methoxy groups -OCH3 is 1. The topological polar surface area (TPSA) is 89.4 Å². The van der Waals surface area contributed by atoms with Crippen LogP contribution in [0.25, 0.3) is 11.8 Å². The molecule has 0 atom stereocenters. The summed E-state index contributed by atoms with van der Waals surface area (Å²) >= 11 is 0. The lowest BCUT2D eigenvalue weighted by atomic mass is 9.89. The highest BCUT2D eigenvalue weighted by Crippen LogP contribution is 2.29. The molecule has 0 spiro atoms. The molecule has 0 saturated carbocycles. The first-order chi connectivity index (χ1) is 19.0. The first-order valence-corrected chi connectivity index (χ1v) is 12.7. The zero-order valence-corrected chi connectivity index (χ0v) is 21.5. The Hall–Kier alpha value is -4.79. The Morgan fingerprint density at radius 2 is 1.79 bits per heavy atom. The predicted molar refractivity (Wildman–Crippen MR) is 146 cm³/mol. The van der Waals surface area contributed by atoms with E-state index in [1.807, 2.05) is 48.5 Å². The molecule has 0 aliphatic carbocycles. The summed E-state index contributed by atoms with van der Waals surface area (Å²) in [6.07, 6.45) is 6.27. The summed E-state index contributed by atoms with van der Waals surface area (Å²) in [5.41, 5.74) is 3.26. The quantitative estimate of drug-likeness (QED) is 0.340. The molecule has 0 radical (unpaired) electrons. The number of benzene rings is 3. The number of rotatable bonds is 7. The lowest BCUT2D eigenvalue weighted by Crippen LogP contribution is -2.38. The van der Waals surface area contributed by atoms with E-state index in [9.17, 15) is 14.0 Å². The van der Waals surface area contributed by atoms with E-state index < -0.39 is 0 Å². The average molecular weight is 526 g/mol. The fourth-order valence-electron chi connectivity index (χ4n) is 4.60. The molecule has 1 aliphatic rings. The largest absolute Gasteiger partial charge is 0.497 e. The second kappa shape index (κ2) is 11.7. The number of anilines is 1. The molecule has 1 saturated heterocycles. The fraction of sp³-hybridized carbons (Fsp3) is 0.200. The molecule has 5 rings (SSSR count). The van der Waals surface area contributed by atoms with E-state index in [-0.39, 0.29) is 23.5 Å². The molecule has 1 aliphatic heterocycles. The minimum atomic E-state index is -0.380. The highest BCUT2D eigenvalue weighted by atomic mass is 19.1. The number of aromatic nitrogens is 3. The van der Waals surface area contributed by atoms with Gasteiger partial charge < -0.3 is 15.0 Å². The van der Waals surface area contributed by atoms with E-state index in [2.05, 4.69) is 15.4 Å². The smallest absolute Gasteiger partial charge is 0.293 e. The van der Waals surface area contributed by atoms with Gasteiger partial charge >= 0.3 is 0 Å². The molecule has 0 unspecified atom stereocenters. The fourth-order valence-corrected chi connectivity index (χ4v) is 4.60. The van der Waals surface area contributed by atoms with E-state index in [1.54, 1.807) is 30.2 Å². The summed E-state index contributed by atoms with van der Waals surface area (Å²) in [5.74, 6) is 0.309. The van der Waals surface area contributed by atoms with Gasteiger partial charge in [0, 0.05) is 24.9 Å². The zero-order valence-electron chi connectivity index (χ0n) is 21.5. The maximum atomic E-state index is 13.5. The van der Waals surface area contributed by atoms with Crippen LogP contribution in [0, 0.1) is 5.82 Å². The number of ether oxygens (including phenoxy) is 1. The number of hydrogen-bond donors (Lipinski definition) is 1. The lowest BCUT2D eigenvalue weighted by Gasteiger charge is -2.31. The first-order valence-electron chi connectivity index (χ1n) is 12.7. The number of hydrogen-bond acceptors (Lipinski definition) is 5. The van der Waals surface area contributed by atoms with Gasteiger partial charge in [-0.05, 0) is 78.4 Å². The van der Waals surface area contributed by atoms with Gasteiger partial charge in [-0.1, -0.05) is 30.3 Å². The van der Waals surface area contributed by atoms with Gasteiger partial charge in [-0.15, -0.1) is 5.10 Å². The molecular weight excluding hydrogens is 497 g/mol. The maximum absolute atomic E-state index is 13.5. The second-order valence-electron chi connectivity index (χ2n) is 9.28. The van der Waals surface area contributed by atoms with Gasteiger partial charge in [-0.2, -0.15) is 0 Å². The zero-order chi connectivity index (χ0) is 27.2. The Balaban J connectivity index is 1.13. The minimum Gasteiger partial charge on any atom is -0.497 e. The van der Waals surface area contributed by atoms with Crippen LogP contribution in [0.5, 0.6) is 5.75 Å².